The second-order valence-corrected chi connectivity index (χ2v) is 4.50. The highest BCUT2D eigenvalue weighted by Gasteiger charge is 2.27. The predicted octanol–water partition coefficient (Wildman–Crippen LogP) is 1.96. The van der Waals surface area contributed by atoms with Crippen molar-refractivity contribution >= 4 is 5.97 Å². The van der Waals surface area contributed by atoms with Gasteiger partial charge < -0.3 is 14.0 Å². The number of fused-ring (bicyclic) bond motifs is 1. The maximum atomic E-state index is 11.5. The number of hydrogen-bond acceptors (Lipinski definition) is 6. The number of hydrogen-bond donors (Lipinski definition) is 0. The van der Waals surface area contributed by atoms with Gasteiger partial charge in [0.1, 0.15) is 12.4 Å². The number of esters is 1. The smallest absolute Gasteiger partial charge is 0.379 e. The van der Waals surface area contributed by atoms with Gasteiger partial charge in [0.15, 0.2) is 0 Å². The number of carbonyl (C=O) groups is 1. The zero-order chi connectivity index (χ0) is 13.9. The van der Waals surface area contributed by atoms with Crippen LogP contribution in [-0.4, -0.2) is 29.3 Å². The second kappa shape index (κ2) is 5.32. The van der Waals surface area contributed by atoms with E-state index in [9.17, 15) is 4.79 Å². The predicted molar refractivity (Wildman–Crippen MR) is 68.6 cm³/mol. The monoisotopic (exact) mass is 274 g/mol. The SMILES string of the molecule is CCOC(=O)c1noc(C2COc3ccccc3C2)n1. The van der Waals surface area contributed by atoms with Crippen molar-refractivity contribution in [3.8, 4) is 5.75 Å². The van der Waals surface area contributed by atoms with Gasteiger partial charge in [-0.15, -0.1) is 0 Å². The van der Waals surface area contributed by atoms with Crippen molar-refractivity contribution in [3.63, 3.8) is 0 Å². The Morgan fingerprint density at radius 1 is 1.45 bits per heavy atom. The lowest BCUT2D eigenvalue weighted by Crippen LogP contribution is -2.19. The molecule has 6 heteroatoms. The van der Waals surface area contributed by atoms with E-state index >= 15 is 0 Å². The van der Waals surface area contributed by atoms with Crippen molar-refractivity contribution < 1.29 is 18.8 Å². The van der Waals surface area contributed by atoms with Crippen LogP contribution in [0.1, 0.15) is 34.9 Å². The third-order valence-electron chi connectivity index (χ3n) is 3.13. The van der Waals surface area contributed by atoms with Gasteiger partial charge in [-0.3, -0.25) is 0 Å². The number of ether oxygens (including phenoxy) is 2. The van der Waals surface area contributed by atoms with Crippen molar-refractivity contribution in [1.82, 2.24) is 10.1 Å². The lowest BCUT2D eigenvalue weighted by molar-refractivity contribution is 0.0508. The molecule has 2 aromatic rings. The minimum Gasteiger partial charge on any atom is -0.492 e. The summed E-state index contributed by atoms with van der Waals surface area (Å²) in [5, 5.41) is 3.65. The molecular weight excluding hydrogens is 260 g/mol. The summed E-state index contributed by atoms with van der Waals surface area (Å²) in [6.45, 7) is 2.47. The molecule has 0 saturated heterocycles. The molecule has 3 rings (SSSR count). The van der Waals surface area contributed by atoms with Gasteiger partial charge in [-0.1, -0.05) is 18.2 Å². The van der Waals surface area contributed by atoms with Gasteiger partial charge >= 0.3 is 5.97 Å². The van der Waals surface area contributed by atoms with Crippen LogP contribution in [-0.2, 0) is 11.2 Å². The largest absolute Gasteiger partial charge is 0.492 e. The molecule has 6 nitrogen and oxygen atoms in total. The van der Waals surface area contributed by atoms with E-state index in [0.717, 1.165) is 17.7 Å². The van der Waals surface area contributed by atoms with E-state index < -0.39 is 5.97 Å². The molecule has 0 radical (unpaired) electrons. The van der Waals surface area contributed by atoms with Gasteiger partial charge in [0.25, 0.3) is 5.82 Å². The Morgan fingerprint density at radius 2 is 2.30 bits per heavy atom. The summed E-state index contributed by atoms with van der Waals surface area (Å²) < 4.78 is 15.6. The van der Waals surface area contributed by atoms with Crippen molar-refractivity contribution in [2.24, 2.45) is 0 Å². The first kappa shape index (κ1) is 12.7. The molecule has 0 bridgehead atoms. The van der Waals surface area contributed by atoms with Crippen LogP contribution in [0.3, 0.4) is 0 Å². The second-order valence-electron chi connectivity index (χ2n) is 4.50. The molecule has 1 aromatic heterocycles. The molecular formula is C14H14N2O4. The van der Waals surface area contributed by atoms with Crippen LogP contribution in [0.2, 0.25) is 0 Å². The summed E-state index contributed by atoms with van der Waals surface area (Å²) in [6, 6.07) is 7.83. The first-order valence-electron chi connectivity index (χ1n) is 6.49. The Kier molecular flexibility index (Phi) is 3.37. The number of rotatable bonds is 3. The van der Waals surface area contributed by atoms with Crippen LogP contribution in [0.5, 0.6) is 5.75 Å². The summed E-state index contributed by atoms with van der Waals surface area (Å²) in [5.74, 6) is 0.636. The molecule has 0 aliphatic carbocycles. The maximum Gasteiger partial charge on any atom is 0.379 e. The first-order valence-corrected chi connectivity index (χ1v) is 6.49. The zero-order valence-electron chi connectivity index (χ0n) is 11.0. The molecule has 0 fully saturated rings. The molecule has 104 valence electrons. The van der Waals surface area contributed by atoms with Gasteiger partial charge in [-0.2, -0.15) is 4.98 Å². The third kappa shape index (κ3) is 2.36. The number of para-hydroxylation sites is 1. The van der Waals surface area contributed by atoms with Crippen molar-refractivity contribution in [2.45, 2.75) is 19.3 Å². The standard InChI is InChI=1S/C14H14N2O4/c1-2-18-14(17)12-15-13(20-16-12)10-7-9-5-3-4-6-11(9)19-8-10/h3-6,10H,2,7-8H2,1H3. The Hall–Kier alpha value is -2.37. The van der Waals surface area contributed by atoms with Crippen molar-refractivity contribution in [2.75, 3.05) is 13.2 Å². The molecule has 20 heavy (non-hydrogen) atoms. The normalized spacial score (nSPS) is 17.1. The average molecular weight is 274 g/mol. The summed E-state index contributed by atoms with van der Waals surface area (Å²) in [4.78, 5) is 15.6. The quantitative estimate of drug-likeness (QED) is 0.796. The molecule has 1 aromatic carbocycles. The minimum atomic E-state index is -0.570. The van der Waals surface area contributed by atoms with E-state index in [-0.39, 0.29) is 18.3 Å². The van der Waals surface area contributed by atoms with E-state index in [1.165, 1.54) is 0 Å². The summed E-state index contributed by atoms with van der Waals surface area (Å²) >= 11 is 0. The van der Waals surface area contributed by atoms with Gasteiger partial charge in [0, 0.05) is 0 Å². The van der Waals surface area contributed by atoms with Gasteiger partial charge in [0.05, 0.1) is 12.5 Å². The maximum absolute atomic E-state index is 11.5. The fourth-order valence-electron chi connectivity index (χ4n) is 2.17. The Bertz CT molecular complexity index is 623. The van der Waals surface area contributed by atoms with Crippen LogP contribution < -0.4 is 4.74 Å². The van der Waals surface area contributed by atoms with Crippen LogP contribution >= 0.6 is 0 Å². The van der Waals surface area contributed by atoms with E-state index in [0.29, 0.717) is 12.5 Å². The van der Waals surface area contributed by atoms with Gasteiger partial charge in [-0.25, -0.2) is 4.79 Å². The van der Waals surface area contributed by atoms with E-state index in [1.807, 2.05) is 24.3 Å². The van der Waals surface area contributed by atoms with Crippen LogP contribution in [0, 0.1) is 0 Å². The molecule has 0 spiro atoms. The molecule has 1 aliphatic heterocycles. The Labute approximate surface area is 115 Å². The molecule has 1 unspecified atom stereocenters. The average Bonchev–Trinajstić information content (AvgIpc) is 2.97. The third-order valence-corrected chi connectivity index (χ3v) is 3.13. The highest BCUT2D eigenvalue weighted by molar-refractivity contribution is 5.84. The fourth-order valence-corrected chi connectivity index (χ4v) is 2.17. The lowest BCUT2D eigenvalue weighted by Gasteiger charge is -2.22. The van der Waals surface area contributed by atoms with Crippen molar-refractivity contribution in [1.29, 1.82) is 0 Å². The number of benzene rings is 1. The zero-order valence-corrected chi connectivity index (χ0v) is 11.0. The highest BCUT2D eigenvalue weighted by atomic mass is 16.5. The van der Waals surface area contributed by atoms with E-state index in [4.69, 9.17) is 14.0 Å². The topological polar surface area (TPSA) is 74.5 Å². The fraction of sp³-hybridized carbons (Fsp3) is 0.357. The summed E-state index contributed by atoms with van der Waals surface area (Å²) in [5.41, 5.74) is 1.10. The molecule has 0 amide bonds. The number of nitrogens with zero attached hydrogens (tertiary/aromatic N) is 2. The number of carbonyl (C=O) groups excluding carboxylic acids is 1. The molecule has 0 N–H and O–H groups in total. The Balaban J connectivity index is 1.77. The minimum absolute atomic E-state index is 0.0410. The van der Waals surface area contributed by atoms with Gasteiger partial charge in [0.2, 0.25) is 5.89 Å². The first-order chi connectivity index (χ1) is 9.78. The molecule has 2 heterocycles. The summed E-state index contributed by atoms with van der Waals surface area (Å²) in [6.07, 6.45) is 0.751. The van der Waals surface area contributed by atoms with Crippen molar-refractivity contribution in [3.05, 3.63) is 41.5 Å². The van der Waals surface area contributed by atoms with Gasteiger partial charge in [-0.05, 0) is 30.1 Å². The van der Waals surface area contributed by atoms with E-state index in [1.54, 1.807) is 6.92 Å². The Morgan fingerprint density at radius 3 is 3.15 bits per heavy atom. The van der Waals surface area contributed by atoms with E-state index in [2.05, 4.69) is 10.1 Å². The van der Waals surface area contributed by atoms with Crippen LogP contribution in [0.25, 0.3) is 0 Å². The molecule has 1 atom stereocenters. The highest BCUT2D eigenvalue weighted by Crippen LogP contribution is 2.31. The number of aromatic nitrogens is 2. The lowest BCUT2D eigenvalue weighted by atomic mass is 9.97. The molecule has 1 aliphatic rings. The summed E-state index contributed by atoms with van der Waals surface area (Å²) in [7, 11) is 0. The van der Waals surface area contributed by atoms with Crippen LogP contribution in [0.4, 0.5) is 0 Å². The van der Waals surface area contributed by atoms with Crippen LogP contribution in [0.15, 0.2) is 28.8 Å². The molecule has 0 saturated carbocycles.